The molecule has 0 bridgehead atoms. The van der Waals surface area contributed by atoms with Crippen molar-refractivity contribution in [2.75, 3.05) is 43.4 Å². The van der Waals surface area contributed by atoms with E-state index in [4.69, 9.17) is 14.7 Å². The summed E-state index contributed by atoms with van der Waals surface area (Å²) in [6.07, 6.45) is 9.07. The molecule has 4 heterocycles. The van der Waals surface area contributed by atoms with Gasteiger partial charge in [-0.1, -0.05) is 46.1 Å². The number of rotatable bonds is 16. The predicted octanol–water partition coefficient (Wildman–Crippen LogP) is 5.74. The number of pyridine rings is 2. The summed E-state index contributed by atoms with van der Waals surface area (Å²) in [7, 11) is 0. The zero-order valence-electron chi connectivity index (χ0n) is 27.5. The summed E-state index contributed by atoms with van der Waals surface area (Å²) in [5.41, 5.74) is 3.80. The first-order valence-electron chi connectivity index (χ1n) is 16.9. The van der Waals surface area contributed by atoms with Gasteiger partial charge in [0.25, 0.3) is 5.82 Å². The van der Waals surface area contributed by atoms with Crippen LogP contribution in [-0.4, -0.2) is 69.7 Å². The summed E-state index contributed by atoms with van der Waals surface area (Å²) < 4.78 is 7.08. The van der Waals surface area contributed by atoms with E-state index in [0.717, 1.165) is 79.1 Å². The van der Waals surface area contributed by atoms with Gasteiger partial charge in [-0.25, -0.2) is 4.98 Å². The molecule has 1 aliphatic heterocycles. The highest BCUT2D eigenvalue weighted by Crippen LogP contribution is 2.24. The molecular weight excluding hydrogens is 602 g/mol. The second-order valence-corrected chi connectivity index (χ2v) is 12.3. The van der Waals surface area contributed by atoms with Crippen LogP contribution in [0, 0.1) is 0 Å². The van der Waals surface area contributed by atoms with Crippen molar-refractivity contribution >= 4 is 28.3 Å². The summed E-state index contributed by atoms with van der Waals surface area (Å²) >= 11 is 0. The molecule has 3 N–H and O–H groups in total. The number of anilines is 2. The average molecular weight is 647 g/mol. The van der Waals surface area contributed by atoms with Crippen LogP contribution in [0.1, 0.15) is 43.9 Å². The Morgan fingerprint density at radius 2 is 1.85 bits per heavy atom. The fraction of sp³-hybridized carbons (Fsp3) is 0.342. The number of ketones is 1. The van der Waals surface area contributed by atoms with E-state index in [0.29, 0.717) is 42.3 Å². The van der Waals surface area contributed by atoms with E-state index >= 15 is 0 Å². The maximum atomic E-state index is 13.0. The number of carbonyl (C=O) groups excluding carboxylic acids is 1. The Balaban J connectivity index is 1.13. The molecule has 0 radical (unpaired) electrons. The first-order chi connectivity index (χ1) is 23.5. The Hall–Kier alpha value is -5.09. The molecule has 5 aromatic rings. The zero-order valence-corrected chi connectivity index (χ0v) is 27.5. The quantitative estimate of drug-likeness (QED) is 0.0701. The smallest absolute Gasteiger partial charge is 0.309 e. The fourth-order valence-corrected chi connectivity index (χ4v) is 6.12. The largest absolute Gasteiger partial charge is 0.492 e. The number of carbonyl (C=O) groups is 1. The molecule has 10 heteroatoms. The molecule has 248 valence electrons. The zero-order chi connectivity index (χ0) is 33.1. The number of nitrogens with one attached hydrogen (secondary N) is 2. The van der Waals surface area contributed by atoms with Crippen LogP contribution >= 0.6 is 0 Å². The summed E-state index contributed by atoms with van der Waals surface area (Å²) in [4.78, 5) is 29.2. The molecule has 0 spiro atoms. The molecule has 6 rings (SSSR count). The topological polar surface area (TPSA) is 116 Å². The highest BCUT2D eigenvalue weighted by Gasteiger charge is 2.27. The van der Waals surface area contributed by atoms with Crippen LogP contribution in [0.5, 0.6) is 5.75 Å². The number of para-hydroxylation sites is 2. The Bertz CT molecular complexity index is 1800. The summed E-state index contributed by atoms with van der Waals surface area (Å²) in [5.74, 6) is 2.64. The van der Waals surface area contributed by atoms with Crippen molar-refractivity contribution in [2.45, 2.75) is 51.5 Å². The number of hydrogen-bond acceptors (Lipinski definition) is 9. The lowest BCUT2D eigenvalue weighted by Gasteiger charge is -2.24. The number of Topliss-reactive ketones (excluding diaryl/α,β-unsaturated/α-hetero) is 1. The van der Waals surface area contributed by atoms with Gasteiger partial charge >= 0.3 is 5.82 Å². The number of ether oxygens (including phenoxy) is 1. The number of fused-ring (bicyclic) bond motifs is 2. The van der Waals surface area contributed by atoms with Crippen molar-refractivity contribution in [3.05, 3.63) is 103 Å². The number of hydrogen-bond donors (Lipinski definition) is 3. The van der Waals surface area contributed by atoms with Crippen LogP contribution in [0.2, 0.25) is 0 Å². The van der Waals surface area contributed by atoms with E-state index in [2.05, 4.69) is 32.7 Å². The molecule has 0 saturated heterocycles. The van der Waals surface area contributed by atoms with Crippen molar-refractivity contribution in [3.8, 4) is 17.1 Å². The van der Waals surface area contributed by atoms with E-state index in [9.17, 15) is 10.0 Å². The van der Waals surface area contributed by atoms with Gasteiger partial charge in [-0.05, 0) is 93.6 Å². The van der Waals surface area contributed by atoms with Crippen molar-refractivity contribution in [1.82, 2.24) is 19.9 Å². The minimum absolute atomic E-state index is 0.00796. The fourth-order valence-electron chi connectivity index (χ4n) is 6.12. The molecule has 1 aliphatic rings. The molecule has 10 nitrogen and oxygen atoms in total. The highest BCUT2D eigenvalue weighted by molar-refractivity contribution is 5.91. The van der Waals surface area contributed by atoms with E-state index in [1.807, 2.05) is 60.7 Å². The van der Waals surface area contributed by atoms with Gasteiger partial charge in [-0.15, -0.1) is 0 Å². The maximum Gasteiger partial charge on any atom is 0.309 e. The van der Waals surface area contributed by atoms with Crippen LogP contribution in [0.15, 0.2) is 91.3 Å². The van der Waals surface area contributed by atoms with Crippen LogP contribution < -0.4 is 20.1 Å². The number of nitrogens with zero attached hydrogens (tertiary/aromatic N) is 5. The Labute approximate surface area is 281 Å². The lowest BCUT2D eigenvalue weighted by atomic mass is 10.1. The minimum Gasteiger partial charge on any atom is -0.492 e. The number of benzene rings is 2. The van der Waals surface area contributed by atoms with Crippen molar-refractivity contribution in [3.63, 3.8) is 0 Å². The maximum absolute atomic E-state index is 13.0. The van der Waals surface area contributed by atoms with Crippen LogP contribution in [-0.2, 0) is 17.6 Å². The van der Waals surface area contributed by atoms with Gasteiger partial charge in [0.05, 0.1) is 10.9 Å². The van der Waals surface area contributed by atoms with E-state index in [-0.39, 0.29) is 5.78 Å². The molecule has 2 aromatic carbocycles. The van der Waals surface area contributed by atoms with E-state index in [1.165, 1.54) is 5.56 Å². The van der Waals surface area contributed by atoms with E-state index in [1.54, 1.807) is 25.4 Å². The van der Waals surface area contributed by atoms with Gasteiger partial charge in [0.15, 0.2) is 11.3 Å². The molecule has 0 unspecified atom stereocenters. The summed E-state index contributed by atoms with van der Waals surface area (Å²) in [6, 6.07) is 24.9. The SMILES string of the molecule is CC(=O)[C@H](CCN(CCCCc1ccc2c(n1)NCCC2)CCOc1ccccc1)Nc1c2ccccc2nc(-c2cccnc2)[n+]1O. The average Bonchev–Trinajstić information content (AvgIpc) is 3.12. The van der Waals surface area contributed by atoms with Gasteiger partial charge < -0.3 is 15.3 Å². The number of aromatic nitrogens is 4. The van der Waals surface area contributed by atoms with Gasteiger partial charge in [0.1, 0.15) is 24.2 Å². The van der Waals surface area contributed by atoms with Gasteiger partial charge in [0, 0.05) is 44.1 Å². The van der Waals surface area contributed by atoms with Crippen molar-refractivity contribution in [1.29, 1.82) is 0 Å². The first kappa shape index (κ1) is 32.8. The molecule has 48 heavy (non-hydrogen) atoms. The normalized spacial score (nSPS) is 13.1. The molecular formula is C38H44N7O3+. The third-order valence-corrected chi connectivity index (χ3v) is 8.78. The lowest BCUT2D eigenvalue weighted by Crippen LogP contribution is -2.43. The molecule has 0 saturated carbocycles. The third kappa shape index (κ3) is 8.43. The Kier molecular flexibility index (Phi) is 11.0. The van der Waals surface area contributed by atoms with Gasteiger partial charge in [-0.3, -0.25) is 20.0 Å². The second-order valence-electron chi connectivity index (χ2n) is 12.3. The standard InChI is InChI=1S/C38H43N7O3/c1-28(46)34(42-38-33-16-5-6-17-35(33)43-37(45(38)47)30-12-9-21-39-27-30)20-24-44(25-26-48-32-14-3-2-4-15-32)23-8-7-13-31-19-18-29-11-10-22-40-36(29)41-31/h2-6,9,12,14-19,21,27,34,47H,7-8,10-11,13,20,22-26H2,1H3,(H,40,41)/p+1/t34-/m0/s1. The lowest BCUT2D eigenvalue weighted by molar-refractivity contribution is -0.885. The minimum atomic E-state index is -0.527. The molecule has 0 aliphatic carbocycles. The molecule has 0 fully saturated rings. The monoisotopic (exact) mass is 646 g/mol. The number of aryl methyl sites for hydroxylation is 2. The van der Waals surface area contributed by atoms with Gasteiger partial charge in [0.2, 0.25) is 0 Å². The second kappa shape index (κ2) is 16.1. The first-order valence-corrected chi connectivity index (χ1v) is 16.9. The molecule has 1 atom stereocenters. The van der Waals surface area contributed by atoms with Gasteiger partial charge in [-0.2, -0.15) is 0 Å². The van der Waals surface area contributed by atoms with Crippen LogP contribution in [0.4, 0.5) is 11.6 Å². The van der Waals surface area contributed by atoms with Crippen LogP contribution in [0.25, 0.3) is 22.3 Å². The third-order valence-electron chi connectivity index (χ3n) is 8.78. The van der Waals surface area contributed by atoms with Crippen molar-refractivity contribution in [2.24, 2.45) is 0 Å². The Morgan fingerprint density at radius 1 is 1.00 bits per heavy atom. The Morgan fingerprint density at radius 3 is 2.69 bits per heavy atom. The van der Waals surface area contributed by atoms with Crippen LogP contribution in [0.3, 0.4) is 0 Å². The number of unbranched alkanes of at least 4 members (excludes halogenated alkanes) is 1. The molecule has 0 amide bonds. The highest BCUT2D eigenvalue weighted by atomic mass is 16.5. The summed E-state index contributed by atoms with van der Waals surface area (Å²) in [6.45, 7) is 5.40. The van der Waals surface area contributed by atoms with Crippen molar-refractivity contribution < 1.29 is 19.5 Å². The van der Waals surface area contributed by atoms with E-state index < -0.39 is 6.04 Å². The molecule has 3 aromatic heterocycles. The predicted molar refractivity (Wildman–Crippen MR) is 187 cm³/mol. The summed E-state index contributed by atoms with van der Waals surface area (Å²) in [5, 5.41) is 18.9.